The summed E-state index contributed by atoms with van der Waals surface area (Å²) >= 11 is 0. The largest absolute Gasteiger partial charge is 0.390 e. The van der Waals surface area contributed by atoms with Gasteiger partial charge in [0.1, 0.15) is 0 Å². The van der Waals surface area contributed by atoms with E-state index in [1.54, 1.807) is 0 Å². The van der Waals surface area contributed by atoms with Gasteiger partial charge >= 0.3 is 0 Å². The van der Waals surface area contributed by atoms with Crippen LogP contribution in [-0.2, 0) is 5.41 Å². The molecule has 0 aliphatic heterocycles. The number of fused-ring (bicyclic) bond motifs is 3. The van der Waals surface area contributed by atoms with Crippen molar-refractivity contribution in [1.29, 1.82) is 5.41 Å². The van der Waals surface area contributed by atoms with Gasteiger partial charge in [0, 0.05) is 18.7 Å². The second kappa shape index (κ2) is 7.66. The molecular weight excluding hydrogens is 328 g/mol. The van der Waals surface area contributed by atoms with Crippen molar-refractivity contribution in [2.75, 3.05) is 13.1 Å². The van der Waals surface area contributed by atoms with E-state index in [-0.39, 0.29) is 17.3 Å². The molecule has 0 radical (unpaired) electrons. The van der Waals surface area contributed by atoms with Gasteiger partial charge in [0.15, 0.2) is 5.96 Å². The molecule has 0 aromatic heterocycles. The summed E-state index contributed by atoms with van der Waals surface area (Å²) in [6.07, 6.45) is 7.52. The number of nitrogens with one attached hydrogen (secondary N) is 3. The fourth-order valence-corrected chi connectivity index (χ4v) is 4.35. The maximum absolute atomic E-state index is 12.3. The molecule has 3 aliphatic rings. The van der Waals surface area contributed by atoms with Crippen molar-refractivity contribution in [3.63, 3.8) is 0 Å². The molecule has 2 bridgehead atoms. The Hall–Kier alpha value is -2.08. The number of amides is 1. The summed E-state index contributed by atoms with van der Waals surface area (Å²) in [5.74, 6) is -0.0653. The first-order chi connectivity index (χ1) is 12.4. The number of carbonyl (C=O) groups is 1. The molecular formula is C20H30N4O2. The minimum atomic E-state index is -0.415. The Morgan fingerprint density at radius 1 is 1.00 bits per heavy atom. The molecule has 6 N–H and O–H groups in total. The van der Waals surface area contributed by atoms with Crippen LogP contribution in [0.1, 0.15) is 67.3 Å². The number of carbonyl (C=O) groups excluding carboxylic acids is 1. The van der Waals surface area contributed by atoms with Crippen molar-refractivity contribution in [3.8, 4) is 0 Å². The number of guanidine groups is 1. The van der Waals surface area contributed by atoms with Crippen molar-refractivity contribution in [2.24, 2.45) is 5.73 Å². The highest BCUT2D eigenvalue weighted by atomic mass is 16.3. The summed E-state index contributed by atoms with van der Waals surface area (Å²) in [6.45, 7) is 1.26. The standard InChI is InChI=1S/C20H30N4O2/c21-18(22)24-14-2-1-13-23-17(25)15-3-5-16(6-4-15)19-7-10-20(26,11-8-19)12-9-19/h3-6,26H,1-2,7-14H2,(H,23,25)(H4,21,22,24). The van der Waals surface area contributed by atoms with E-state index >= 15 is 0 Å². The van der Waals surface area contributed by atoms with Gasteiger partial charge in [-0.1, -0.05) is 12.1 Å². The first kappa shape index (κ1) is 18.7. The number of unbranched alkanes of at least 4 members (excludes halogenated alkanes) is 1. The van der Waals surface area contributed by atoms with E-state index in [1.165, 1.54) is 5.56 Å². The summed E-state index contributed by atoms with van der Waals surface area (Å²) < 4.78 is 0. The number of aliphatic hydroxyl groups is 1. The molecule has 26 heavy (non-hydrogen) atoms. The van der Waals surface area contributed by atoms with E-state index in [4.69, 9.17) is 11.1 Å². The Balaban J connectivity index is 1.48. The fourth-order valence-electron chi connectivity index (χ4n) is 4.35. The molecule has 0 spiro atoms. The van der Waals surface area contributed by atoms with Gasteiger partial charge < -0.3 is 21.5 Å². The van der Waals surface area contributed by atoms with E-state index < -0.39 is 5.60 Å². The molecule has 1 amide bonds. The van der Waals surface area contributed by atoms with Gasteiger partial charge in [-0.3, -0.25) is 10.2 Å². The molecule has 0 unspecified atom stereocenters. The number of nitrogens with two attached hydrogens (primary N) is 1. The molecule has 3 aliphatic carbocycles. The minimum absolute atomic E-state index is 0.0193. The van der Waals surface area contributed by atoms with E-state index in [2.05, 4.69) is 22.8 Å². The van der Waals surface area contributed by atoms with Gasteiger partial charge in [0.25, 0.3) is 5.91 Å². The SMILES string of the molecule is N=C(N)NCCCCNC(=O)c1ccc(C23CCC(O)(CC2)CC3)cc1. The van der Waals surface area contributed by atoms with Gasteiger partial charge in [0.05, 0.1) is 5.60 Å². The predicted octanol–water partition coefficient (Wildman–Crippen LogP) is 2.02. The molecule has 6 heteroatoms. The number of rotatable bonds is 7. The van der Waals surface area contributed by atoms with Crippen LogP contribution in [0.25, 0.3) is 0 Å². The monoisotopic (exact) mass is 358 g/mol. The molecule has 0 atom stereocenters. The fraction of sp³-hybridized carbons (Fsp3) is 0.600. The van der Waals surface area contributed by atoms with Crippen LogP contribution in [0.3, 0.4) is 0 Å². The van der Waals surface area contributed by atoms with Crippen LogP contribution in [0.4, 0.5) is 0 Å². The van der Waals surface area contributed by atoms with Crippen LogP contribution in [0.2, 0.25) is 0 Å². The van der Waals surface area contributed by atoms with Crippen LogP contribution in [0.15, 0.2) is 24.3 Å². The van der Waals surface area contributed by atoms with Crippen molar-refractivity contribution in [2.45, 2.75) is 62.4 Å². The first-order valence-corrected chi connectivity index (χ1v) is 9.62. The number of hydrogen-bond acceptors (Lipinski definition) is 3. The quantitative estimate of drug-likeness (QED) is 0.292. The lowest BCUT2D eigenvalue weighted by Crippen LogP contribution is -2.48. The Labute approximate surface area is 155 Å². The minimum Gasteiger partial charge on any atom is -0.390 e. The van der Waals surface area contributed by atoms with Crippen LogP contribution in [-0.4, -0.2) is 35.7 Å². The topological polar surface area (TPSA) is 111 Å². The molecule has 0 heterocycles. The van der Waals surface area contributed by atoms with Gasteiger partial charge in [-0.05, 0) is 74.5 Å². The molecule has 1 aromatic rings. The van der Waals surface area contributed by atoms with Gasteiger partial charge in [0.2, 0.25) is 0 Å². The highest BCUT2D eigenvalue weighted by molar-refractivity contribution is 5.94. The van der Waals surface area contributed by atoms with Gasteiger partial charge in [-0.15, -0.1) is 0 Å². The molecule has 142 valence electrons. The van der Waals surface area contributed by atoms with E-state index in [9.17, 15) is 9.90 Å². The van der Waals surface area contributed by atoms with E-state index in [0.717, 1.165) is 51.4 Å². The third-order valence-corrected chi connectivity index (χ3v) is 6.17. The zero-order valence-corrected chi connectivity index (χ0v) is 15.3. The highest BCUT2D eigenvalue weighted by Crippen LogP contribution is 2.53. The first-order valence-electron chi connectivity index (χ1n) is 9.62. The average molecular weight is 358 g/mol. The molecule has 0 saturated heterocycles. The van der Waals surface area contributed by atoms with E-state index in [0.29, 0.717) is 18.7 Å². The molecule has 3 fully saturated rings. The van der Waals surface area contributed by atoms with E-state index in [1.807, 2.05) is 12.1 Å². The Morgan fingerprint density at radius 3 is 2.08 bits per heavy atom. The average Bonchev–Trinajstić information content (AvgIpc) is 2.65. The third kappa shape index (κ3) is 4.18. The Bertz CT molecular complexity index is 632. The van der Waals surface area contributed by atoms with Crippen LogP contribution in [0.5, 0.6) is 0 Å². The second-order valence-electron chi connectivity index (χ2n) is 7.89. The lowest BCUT2D eigenvalue weighted by atomic mass is 9.56. The maximum Gasteiger partial charge on any atom is 0.251 e. The van der Waals surface area contributed by atoms with Gasteiger partial charge in [-0.25, -0.2) is 0 Å². The zero-order valence-electron chi connectivity index (χ0n) is 15.3. The van der Waals surface area contributed by atoms with Crippen molar-refractivity contribution in [3.05, 3.63) is 35.4 Å². The van der Waals surface area contributed by atoms with Crippen LogP contribution < -0.4 is 16.4 Å². The summed E-state index contributed by atoms with van der Waals surface area (Å²) in [4.78, 5) is 12.3. The second-order valence-corrected chi connectivity index (χ2v) is 7.89. The van der Waals surface area contributed by atoms with Crippen molar-refractivity contribution >= 4 is 11.9 Å². The third-order valence-electron chi connectivity index (χ3n) is 6.17. The summed E-state index contributed by atoms with van der Waals surface area (Å²) in [5.41, 5.74) is 7.00. The number of benzene rings is 1. The van der Waals surface area contributed by atoms with Crippen molar-refractivity contribution in [1.82, 2.24) is 10.6 Å². The predicted molar refractivity (Wildman–Crippen MR) is 102 cm³/mol. The Morgan fingerprint density at radius 2 is 1.54 bits per heavy atom. The maximum atomic E-state index is 12.3. The number of hydrogen-bond donors (Lipinski definition) is 5. The van der Waals surface area contributed by atoms with Crippen LogP contribution in [0, 0.1) is 5.41 Å². The molecule has 6 nitrogen and oxygen atoms in total. The normalized spacial score (nSPS) is 27.1. The smallest absolute Gasteiger partial charge is 0.251 e. The van der Waals surface area contributed by atoms with Gasteiger partial charge in [-0.2, -0.15) is 0 Å². The lowest BCUT2D eigenvalue weighted by molar-refractivity contribution is -0.0660. The van der Waals surface area contributed by atoms with Crippen molar-refractivity contribution < 1.29 is 9.90 Å². The summed E-state index contributed by atoms with van der Waals surface area (Å²) in [7, 11) is 0. The summed E-state index contributed by atoms with van der Waals surface area (Å²) in [5, 5.41) is 23.1. The highest BCUT2D eigenvalue weighted by Gasteiger charge is 2.48. The molecule has 1 aromatic carbocycles. The molecule has 3 saturated carbocycles. The van der Waals surface area contributed by atoms with Crippen LogP contribution >= 0.6 is 0 Å². The zero-order chi connectivity index (χ0) is 18.6. The summed E-state index contributed by atoms with van der Waals surface area (Å²) in [6, 6.07) is 8.04. The lowest BCUT2D eigenvalue weighted by Gasteiger charge is -2.51. The molecule has 4 rings (SSSR count). The Kier molecular flexibility index (Phi) is 5.51.